The zero-order chi connectivity index (χ0) is 10.8. The van der Waals surface area contributed by atoms with Crippen LogP contribution in [0.3, 0.4) is 0 Å². The van der Waals surface area contributed by atoms with E-state index in [9.17, 15) is 0 Å². The van der Waals surface area contributed by atoms with E-state index in [2.05, 4.69) is 14.9 Å². The van der Waals surface area contributed by atoms with Crippen molar-refractivity contribution in [3.63, 3.8) is 0 Å². The molecule has 0 aromatic carbocycles. The number of nitrogens with zero attached hydrogens (tertiary/aromatic N) is 3. The lowest BCUT2D eigenvalue weighted by Gasteiger charge is -2.29. The molecule has 1 aliphatic rings. The average molecular weight is 226 g/mol. The maximum atomic E-state index is 6.06. The van der Waals surface area contributed by atoms with Gasteiger partial charge in [-0.25, -0.2) is 9.97 Å². The van der Waals surface area contributed by atoms with E-state index in [-0.39, 0.29) is 0 Å². The fourth-order valence-electron chi connectivity index (χ4n) is 1.90. The van der Waals surface area contributed by atoms with Crippen LogP contribution in [0.1, 0.15) is 24.2 Å². The van der Waals surface area contributed by atoms with E-state index in [0.717, 1.165) is 43.3 Å². The maximum Gasteiger partial charge on any atom is 0.225 e. The Labute approximate surface area is 95.5 Å². The highest BCUT2D eigenvalue weighted by atomic mass is 35.5. The smallest absolute Gasteiger partial charge is 0.225 e. The molecule has 2 heterocycles. The van der Waals surface area contributed by atoms with Crippen LogP contribution in [0.25, 0.3) is 0 Å². The first-order valence-corrected chi connectivity index (χ1v) is 5.80. The van der Waals surface area contributed by atoms with Crippen molar-refractivity contribution in [3.8, 4) is 0 Å². The van der Waals surface area contributed by atoms with Crippen LogP contribution in [-0.4, -0.2) is 28.4 Å². The Morgan fingerprint density at radius 2 is 1.73 bits per heavy atom. The van der Waals surface area contributed by atoms with Crippen molar-refractivity contribution in [2.24, 2.45) is 0 Å². The second-order valence-corrected chi connectivity index (χ2v) is 4.73. The minimum atomic E-state index is 0.326. The highest BCUT2D eigenvalue weighted by Gasteiger charge is 2.19. The lowest BCUT2D eigenvalue weighted by molar-refractivity contribution is 0.574. The molecule has 1 aliphatic heterocycles. The van der Waals surface area contributed by atoms with Crippen LogP contribution in [-0.2, 0) is 0 Å². The average Bonchev–Trinajstić information content (AvgIpc) is 2.17. The zero-order valence-electron chi connectivity index (χ0n) is 9.20. The van der Waals surface area contributed by atoms with E-state index in [1.807, 2.05) is 19.9 Å². The van der Waals surface area contributed by atoms with E-state index in [4.69, 9.17) is 11.6 Å². The van der Waals surface area contributed by atoms with Gasteiger partial charge in [0.1, 0.15) is 0 Å². The second-order valence-electron chi connectivity index (χ2n) is 4.11. The largest absolute Gasteiger partial charge is 0.341 e. The van der Waals surface area contributed by atoms with Crippen LogP contribution < -0.4 is 4.90 Å². The molecule has 0 saturated carbocycles. The second kappa shape index (κ2) is 4.35. The van der Waals surface area contributed by atoms with Crippen LogP contribution in [0.2, 0.25) is 0 Å². The van der Waals surface area contributed by atoms with Crippen molar-refractivity contribution in [1.29, 1.82) is 0 Å². The summed E-state index contributed by atoms with van der Waals surface area (Å²) in [4.78, 5) is 11.1. The quantitative estimate of drug-likeness (QED) is 0.687. The first-order valence-electron chi connectivity index (χ1n) is 5.36. The van der Waals surface area contributed by atoms with Crippen molar-refractivity contribution in [3.05, 3.63) is 17.5 Å². The number of aromatic nitrogens is 2. The number of hydrogen-bond acceptors (Lipinski definition) is 3. The van der Waals surface area contributed by atoms with Crippen LogP contribution >= 0.6 is 11.6 Å². The zero-order valence-corrected chi connectivity index (χ0v) is 9.96. The van der Waals surface area contributed by atoms with Crippen molar-refractivity contribution in [2.45, 2.75) is 32.1 Å². The minimum Gasteiger partial charge on any atom is -0.341 e. The SMILES string of the molecule is Cc1cc(C)nc(N2CCC(Cl)CC2)n1. The van der Waals surface area contributed by atoms with Gasteiger partial charge in [0.15, 0.2) is 0 Å². The first kappa shape index (κ1) is 10.7. The molecule has 0 atom stereocenters. The molecular weight excluding hydrogens is 210 g/mol. The van der Waals surface area contributed by atoms with Gasteiger partial charge in [0, 0.05) is 29.9 Å². The number of hydrogen-bond donors (Lipinski definition) is 0. The van der Waals surface area contributed by atoms with Gasteiger partial charge in [-0.05, 0) is 32.8 Å². The van der Waals surface area contributed by atoms with Gasteiger partial charge in [0.2, 0.25) is 5.95 Å². The van der Waals surface area contributed by atoms with E-state index >= 15 is 0 Å². The number of halogens is 1. The first-order chi connectivity index (χ1) is 7.15. The Balaban J connectivity index is 2.15. The molecule has 1 fully saturated rings. The van der Waals surface area contributed by atoms with E-state index in [0.29, 0.717) is 5.38 Å². The maximum absolute atomic E-state index is 6.06. The summed E-state index contributed by atoms with van der Waals surface area (Å²) in [7, 11) is 0. The third-order valence-electron chi connectivity index (χ3n) is 2.68. The van der Waals surface area contributed by atoms with Gasteiger partial charge >= 0.3 is 0 Å². The van der Waals surface area contributed by atoms with Crippen molar-refractivity contribution in [2.75, 3.05) is 18.0 Å². The number of rotatable bonds is 1. The summed E-state index contributed by atoms with van der Waals surface area (Å²) in [6.45, 7) is 5.95. The Morgan fingerprint density at radius 1 is 1.20 bits per heavy atom. The summed E-state index contributed by atoms with van der Waals surface area (Å²) in [5, 5.41) is 0.326. The van der Waals surface area contributed by atoms with Gasteiger partial charge in [-0.1, -0.05) is 0 Å². The molecule has 0 N–H and O–H groups in total. The van der Waals surface area contributed by atoms with Crippen LogP contribution in [0.5, 0.6) is 0 Å². The molecule has 0 bridgehead atoms. The number of piperidine rings is 1. The minimum absolute atomic E-state index is 0.326. The lowest BCUT2D eigenvalue weighted by atomic mass is 10.1. The summed E-state index contributed by atoms with van der Waals surface area (Å²) in [5.41, 5.74) is 2.07. The molecule has 3 nitrogen and oxygen atoms in total. The van der Waals surface area contributed by atoms with Crippen LogP contribution in [0.4, 0.5) is 5.95 Å². The Morgan fingerprint density at radius 3 is 2.27 bits per heavy atom. The molecular formula is C11H16ClN3. The summed E-state index contributed by atoms with van der Waals surface area (Å²) < 4.78 is 0. The molecule has 15 heavy (non-hydrogen) atoms. The fraction of sp³-hybridized carbons (Fsp3) is 0.636. The summed E-state index contributed by atoms with van der Waals surface area (Å²) in [6, 6.07) is 2.00. The predicted molar refractivity (Wildman–Crippen MR) is 62.6 cm³/mol. The monoisotopic (exact) mass is 225 g/mol. The summed E-state index contributed by atoms with van der Waals surface area (Å²) in [6.07, 6.45) is 2.05. The van der Waals surface area contributed by atoms with Gasteiger partial charge in [-0.2, -0.15) is 0 Å². The highest BCUT2D eigenvalue weighted by Crippen LogP contribution is 2.19. The number of aryl methyl sites for hydroxylation is 2. The van der Waals surface area contributed by atoms with Crippen molar-refractivity contribution >= 4 is 17.5 Å². The molecule has 0 unspecified atom stereocenters. The molecule has 1 aromatic rings. The molecule has 0 spiro atoms. The third-order valence-corrected chi connectivity index (χ3v) is 3.11. The van der Waals surface area contributed by atoms with Crippen molar-refractivity contribution < 1.29 is 0 Å². The Hall–Kier alpha value is -0.830. The molecule has 2 rings (SSSR count). The molecule has 4 heteroatoms. The third kappa shape index (κ3) is 2.59. The van der Waals surface area contributed by atoms with Crippen LogP contribution in [0.15, 0.2) is 6.07 Å². The van der Waals surface area contributed by atoms with E-state index in [1.54, 1.807) is 0 Å². The van der Waals surface area contributed by atoms with Gasteiger partial charge < -0.3 is 4.90 Å². The van der Waals surface area contributed by atoms with E-state index < -0.39 is 0 Å². The summed E-state index contributed by atoms with van der Waals surface area (Å²) in [5.74, 6) is 0.857. The van der Waals surface area contributed by atoms with Gasteiger partial charge in [-0.15, -0.1) is 11.6 Å². The van der Waals surface area contributed by atoms with Gasteiger partial charge in [0.25, 0.3) is 0 Å². The van der Waals surface area contributed by atoms with Crippen molar-refractivity contribution in [1.82, 2.24) is 9.97 Å². The standard InChI is InChI=1S/C11H16ClN3/c1-8-7-9(2)14-11(13-8)15-5-3-10(12)4-6-15/h7,10H,3-6H2,1-2H3. The Kier molecular flexibility index (Phi) is 3.10. The van der Waals surface area contributed by atoms with Gasteiger partial charge in [-0.3, -0.25) is 0 Å². The molecule has 82 valence electrons. The number of anilines is 1. The topological polar surface area (TPSA) is 29.0 Å². The molecule has 1 aromatic heterocycles. The predicted octanol–water partition coefficient (Wildman–Crippen LogP) is 2.30. The number of alkyl halides is 1. The highest BCUT2D eigenvalue weighted by molar-refractivity contribution is 6.20. The molecule has 0 amide bonds. The van der Waals surface area contributed by atoms with Gasteiger partial charge in [0.05, 0.1) is 0 Å². The lowest BCUT2D eigenvalue weighted by Crippen LogP contribution is -2.35. The van der Waals surface area contributed by atoms with E-state index in [1.165, 1.54) is 0 Å². The normalized spacial score (nSPS) is 18.2. The molecule has 0 radical (unpaired) electrons. The Bertz CT molecular complexity index is 325. The fourth-order valence-corrected chi connectivity index (χ4v) is 2.09. The molecule has 0 aliphatic carbocycles. The van der Waals surface area contributed by atoms with Crippen LogP contribution in [0, 0.1) is 13.8 Å². The summed E-state index contributed by atoms with van der Waals surface area (Å²) >= 11 is 6.06. The molecule has 1 saturated heterocycles.